The number of hydrogen-bond acceptors (Lipinski definition) is 3. The van der Waals surface area contributed by atoms with Gasteiger partial charge in [-0.15, -0.1) is 0 Å². The normalized spacial score (nSPS) is 16.4. The number of hydrogen-bond donors (Lipinski definition) is 1. The van der Waals surface area contributed by atoms with Crippen molar-refractivity contribution in [2.45, 2.75) is 25.2 Å². The molecule has 2 atom stereocenters. The van der Waals surface area contributed by atoms with Crippen LogP contribution in [0.1, 0.15) is 18.7 Å². The van der Waals surface area contributed by atoms with Crippen LogP contribution in [0.25, 0.3) is 0 Å². The van der Waals surface area contributed by atoms with Crippen LogP contribution in [0.5, 0.6) is 0 Å². The second kappa shape index (κ2) is 4.88. The highest BCUT2D eigenvalue weighted by atomic mass is 19.4. The van der Waals surface area contributed by atoms with Gasteiger partial charge in [-0.25, -0.2) is 0 Å². The Morgan fingerprint density at radius 1 is 1.50 bits per heavy atom. The van der Waals surface area contributed by atoms with E-state index in [0.29, 0.717) is 5.76 Å². The van der Waals surface area contributed by atoms with Gasteiger partial charge in [-0.3, -0.25) is 4.90 Å². The summed E-state index contributed by atoms with van der Waals surface area (Å²) in [4.78, 5) is 1.14. The molecule has 16 heavy (non-hydrogen) atoms. The van der Waals surface area contributed by atoms with Gasteiger partial charge >= 0.3 is 6.18 Å². The molecule has 2 N–H and O–H groups in total. The van der Waals surface area contributed by atoms with Crippen molar-refractivity contribution in [3.05, 3.63) is 24.2 Å². The fraction of sp³-hybridized carbons (Fsp3) is 0.600. The number of halogens is 3. The Morgan fingerprint density at radius 3 is 2.50 bits per heavy atom. The molecule has 3 nitrogen and oxygen atoms in total. The second-order valence-electron chi connectivity index (χ2n) is 3.85. The number of nitrogens with two attached hydrogens (primary N) is 1. The van der Waals surface area contributed by atoms with Crippen molar-refractivity contribution >= 4 is 0 Å². The van der Waals surface area contributed by atoms with Crippen LogP contribution >= 0.6 is 0 Å². The van der Waals surface area contributed by atoms with E-state index in [9.17, 15) is 13.2 Å². The van der Waals surface area contributed by atoms with E-state index in [-0.39, 0.29) is 0 Å². The van der Waals surface area contributed by atoms with Gasteiger partial charge in [-0.1, -0.05) is 0 Å². The van der Waals surface area contributed by atoms with E-state index in [4.69, 9.17) is 10.2 Å². The van der Waals surface area contributed by atoms with Crippen molar-refractivity contribution in [2.75, 3.05) is 13.6 Å². The molecule has 1 rings (SSSR count). The second-order valence-corrected chi connectivity index (χ2v) is 3.85. The SMILES string of the molecule is CC(N)C(c1ccco1)N(C)CC(F)(F)F. The third kappa shape index (κ3) is 3.53. The highest BCUT2D eigenvalue weighted by molar-refractivity contribution is 5.07. The first-order valence-electron chi connectivity index (χ1n) is 4.87. The molecule has 0 aliphatic rings. The highest BCUT2D eigenvalue weighted by Gasteiger charge is 2.34. The Labute approximate surface area is 92.0 Å². The van der Waals surface area contributed by atoms with E-state index < -0.39 is 24.8 Å². The third-order valence-corrected chi connectivity index (χ3v) is 2.24. The van der Waals surface area contributed by atoms with Crippen LogP contribution in [0.2, 0.25) is 0 Å². The Bertz CT molecular complexity index is 308. The predicted molar refractivity (Wildman–Crippen MR) is 53.8 cm³/mol. The minimum absolute atomic E-state index is 0.446. The van der Waals surface area contributed by atoms with Crippen molar-refractivity contribution in [1.82, 2.24) is 4.90 Å². The number of likely N-dealkylation sites (N-methyl/N-ethyl adjacent to an activating group) is 1. The first-order valence-corrected chi connectivity index (χ1v) is 4.87. The van der Waals surface area contributed by atoms with Gasteiger partial charge in [-0.05, 0) is 26.1 Å². The lowest BCUT2D eigenvalue weighted by molar-refractivity contribution is -0.149. The molecule has 0 aromatic carbocycles. The Morgan fingerprint density at radius 2 is 2.12 bits per heavy atom. The van der Waals surface area contributed by atoms with Gasteiger partial charge in [0.1, 0.15) is 5.76 Å². The maximum atomic E-state index is 12.3. The standard InChI is InChI=1S/C10H15F3N2O/c1-7(14)9(8-4-3-5-16-8)15(2)6-10(11,12)13/h3-5,7,9H,6,14H2,1-2H3. The van der Waals surface area contributed by atoms with Gasteiger partial charge < -0.3 is 10.2 Å². The molecule has 1 heterocycles. The predicted octanol–water partition coefficient (Wildman–Crippen LogP) is 2.16. The van der Waals surface area contributed by atoms with E-state index in [1.807, 2.05) is 0 Å². The van der Waals surface area contributed by atoms with Crippen molar-refractivity contribution in [3.63, 3.8) is 0 Å². The average molecular weight is 236 g/mol. The fourth-order valence-corrected chi connectivity index (χ4v) is 1.72. The van der Waals surface area contributed by atoms with E-state index in [2.05, 4.69) is 0 Å². The quantitative estimate of drug-likeness (QED) is 0.871. The van der Waals surface area contributed by atoms with Crippen LogP contribution < -0.4 is 5.73 Å². The molecule has 0 spiro atoms. The molecular formula is C10H15F3N2O. The zero-order valence-electron chi connectivity index (χ0n) is 9.16. The summed E-state index contributed by atoms with van der Waals surface area (Å²) >= 11 is 0. The van der Waals surface area contributed by atoms with Gasteiger partial charge in [0, 0.05) is 6.04 Å². The lowest BCUT2D eigenvalue weighted by Crippen LogP contribution is -2.41. The van der Waals surface area contributed by atoms with Gasteiger partial charge in [0.05, 0.1) is 18.8 Å². The summed E-state index contributed by atoms with van der Waals surface area (Å²) < 4.78 is 41.9. The summed E-state index contributed by atoms with van der Waals surface area (Å²) in [7, 11) is 1.38. The number of furan rings is 1. The van der Waals surface area contributed by atoms with Crippen molar-refractivity contribution < 1.29 is 17.6 Å². The van der Waals surface area contributed by atoms with Gasteiger partial charge in [0.2, 0.25) is 0 Å². The Kier molecular flexibility index (Phi) is 3.98. The Hall–Kier alpha value is -1.01. The van der Waals surface area contributed by atoms with Gasteiger partial charge in [-0.2, -0.15) is 13.2 Å². The topological polar surface area (TPSA) is 42.4 Å². The van der Waals surface area contributed by atoms with Gasteiger partial charge in [0.25, 0.3) is 0 Å². The maximum absolute atomic E-state index is 12.3. The number of rotatable bonds is 4. The summed E-state index contributed by atoms with van der Waals surface area (Å²) in [5.41, 5.74) is 5.68. The molecule has 2 unspecified atom stereocenters. The summed E-state index contributed by atoms with van der Waals surface area (Å²) in [5.74, 6) is 0.446. The van der Waals surface area contributed by atoms with Crippen LogP contribution in [0, 0.1) is 0 Å². The summed E-state index contributed by atoms with van der Waals surface area (Å²) in [6, 6.07) is 2.24. The molecule has 0 aliphatic carbocycles. The molecule has 0 amide bonds. The summed E-state index contributed by atoms with van der Waals surface area (Å²) in [5, 5.41) is 0. The average Bonchev–Trinajstić information content (AvgIpc) is 2.52. The van der Waals surface area contributed by atoms with Crippen LogP contribution in [0.3, 0.4) is 0 Å². The van der Waals surface area contributed by atoms with E-state index in [1.165, 1.54) is 13.3 Å². The zero-order chi connectivity index (χ0) is 12.3. The molecule has 0 saturated heterocycles. The molecule has 1 aromatic heterocycles. The largest absolute Gasteiger partial charge is 0.468 e. The van der Waals surface area contributed by atoms with E-state index in [0.717, 1.165) is 4.90 Å². The van der Waals surface area contributed by atoms with Crippen LogP contribution in [0.4, 0.5) is 13.2 Å². The van der Waals surface area contributed by atoms with E-state index in [1.54, 1.807) is 19.1 Å². The van der Waals surface area contributed by atoms with Crippen molar-refractivity contribution in [1.29, 1.82) is 0 Å². The smallest absolute Gasteiger partial charge is 0.401 e. The monoisotopic (exact) mass is 236 g/mol. The number of nitrogens with zero attached hydrogens (tertiary/aromatic N) is 1. The minimum Gasteiger partial charge on any atom is -0.468 e. The molecule has 6 heteroatoms. The van der Waals surface area contributed by atoms with Crippen molar-refractivity contribution in [3.8, 4) is 0 Å². The molecule has 0 aliphatic heterocycles. The molecular weight excluding hydrogens is 221 g/mol. The third-order valence-electron chi connectivity index (χ3n) is 2.24. The first-order chi connectivity index (χ1) is 7.31. The maximum Gasteiger partial charge on any atom is 0.401 e. The minimum atomic E-state index is -4.24. The lowest BCUT2D eigenvalue weighted by atomic mass is 10.1. The van der Waals surface area contributed by atoms with Crippen LogP contribution in [0.15, 0.2) is 22.8 Å². The Balaban J connectivity index is 2.79. The van der Waals surface area contributed by atoms with Crippen LogP contribution in [-0.4, -0.2) is 30.7 Å². The lowest BCUT2D eigenvalue weighted by Gasteiger charge is -2.29. The molecule has 0 radical (unpaired) electrons. The zero-order valence-corrected chi connectivity index (χ0v) is 9.16. The molecule has 1 aromatic rings. The van der Waals surface area contributed by atoms with Gasteiger partial charge in [0.15, 0.2) is 0 Å². The summed E-state index contributed by atoms with van der Waals surface area (Å²) in [6.45, 7) is 0.639. The molecule has 0 bridgehead atoms. The molecule has 92 valence electrons. The first kappa shape index (κ1) is 13.1. The highest BCUT2D eigenvalue weighted by Crippen LogP contribution is 2.26. The fourth-order valence-electron chi connectivity index (χ4n) is 1.72. The van der Waals surface area contributed by atoms with Crippen molar-refractivity contribution in [2.24, 2.45) is 5.73 Å². The van der Waals surface area contributed by atoms with Crippen LogP contribution in [-0.2, 0) is 0 Å². The van der Waals surface area contributed by atoms with E-state index >= 15 is 0 Å². The molecule has 0 saturated carbocycles. The summed E-state index contributed by atoms with van der Waals surface area (Å²) in [6.07, 6.45) is -2.82. The number of alkyl halides is 3. The molecule has 0 fully saturated rings.